The van der Waals surface area contributed by atoms with Gasteiger partial charge in [0.05, 0.1) is 5.69 Å². The number of nitrogens with one attached hydrogen (secondary N) is 1. The Labute approximate surface area is 165 Å². The zero-order valence-corrected chi connectivity index (χ0v) is 16.1. The lowest BCUT2D eigenvalue weighted by Gasteiger charge is -2.37. The molecule has 2 aromatic carbocycles. The minimum Gasteiger partial charge on any atom is -0.482 e. The van der Waals surface area contributed by atoms with E-state index in [2.05, 4.69) is 29.4 Å². The van der Waals surface area contributed by atoms with Crippen LogP contribution in [-0.4, -0.2) is 54.4 Å². The number of ether oxygens (including phenoxy) is 1. The number of hydrogen-bond donors (Lipinski definition) is 1. The third-order valence-electron chi connectivity index (χ3n) is 5.45. The topological polar surface area (TPSA) is 61.9 Å². The van der Waals surface area contributed by atoms with Crippen molar-refractivity contribution in [2.45, 2.75) is 25.4 Å². The molecule has 0 bridgehead atoms. The fraction of sp³-hybridized carbons (Fsp3) is 0.364. The summed E-state index contributed by atoms with van der Waals surface area (Å²) in [5.41, 5.74) is 2.32. The van der Waals surface area contributed by atoms with Gasteiger partial charge in [0.2, 0.25) is 0 Å². The molecule has 0 saturated carbocycles. The molecule has 0 aromatic heterocycles. The van der Waals surface area contributed by atoms with E-state index in [4.69, 9.17) is 4.74 Å². The van der Waals surface area contributed by atoms with Gasteiger partial charge >= 0.3 is 0 Å². The molecule has 4 rings (SSSR count). The maximum absolute atomic E-state index is 13.4. The molecule has 6 nitrogen and oxygen atoms in total. The summed E-state index contributed by atoms with van der Waals surface area (Å²) in [5, 5.41) is 2.77. The summed E-state index contributed by atoms with van der Waals surface area (Å²) < 4.78 is 5.49. The Balaban J connectivity index is 1.60. The lowest BCUT2D eigenvalue weighted by Crippen LogP contribution is -2.46. The maximum atomic E-state index is 13.4. The Kier molecular flexibility index (Phi) is 5.30. The van der Waals surface area contributed by atoms with Gasteiger partial charge in [-0.05, 0) is 56.7 Å². The first-order valence-corrected chi connectivity index (χ1v) is 9.70. The minimum absolute atomic E-state index is 0.00158. The van der Waals surface area contributed by atoms with E-state index in [0.717, 1.165) is 31.5 Å². The van der Waals surface area contributed by atoms with Crippen molar-refractivity contribution in [1.82, 2.24) is 9.80 Å². The van der Waals surface area contributed by atoms with Crippen LogP contribution in [0.4, 0.5) is 5.69 Å². The number of likely N-dealkylation sites (tertiary alicyclic amines) is 1. The van der Waals surface area contributed by atoms with E-state index < -0.39 is 0 Å². The third kappa shape index (κ3) is 4.02. The molecule has 6 heteroatoms. The third-order valence-corrected chi connectivity index (χ3v) is 5.45. The van der Waals surface area contributed by atoms with Crippen LogP contribution in [0.5, 0.6) is 5.75 Å². The van der Waals surface area contributed by atoms with Crippen molar-refractivity contribution in [3.8, 4) is 5.75 Å². The van der Waals surface area contributed by atoms with Crippen molar-refractivity contribution in [2.24, 2.45) is 0 Å². The van der Waals surface area contributed by atoms with Gasteiger partial charge in [-0.3, -0.25) is 9.59 Å². The molecular weight excluding hydrogens is 354 g/mol. The molecule has 28 heavy (non-hydrogen) atoms. The maximum Gasteiger partial charge on any atom is 0.262 e. The average molecular weight is 379 g/mol. The van der Waals surface area contributed by atoms with Crippen LogP contribution in [-0.2, 0) is 11.3 Å². The summed E-state index contributed by atoms with van der Waals surface area (Å²) >= 11 is 0. The summed E-state index contributed by atoms with van der Waals surface area (Å²) in [6, 6.07) is 15.6. The van der Waals surface area contributed by atoms with Crippen molar-refractivity contribution in [3.63, 3.8) is 0 Å². The van der Waals surface area contributed by atoms with Crippen LogP contribution in [0.15, 0.2) is 48.5 Å². The van der Waals surface area contributed by atoms with Crippen LogP contribution in [0.25, 0.3) is 0 Å². The van der Waals surface area contributed by atoms with E-state index in [1.54, 1.807) is 18.2 Å². The largest absolute Gasteiger partial charge is 0.482 e. The van der Waals surface area contributed by atoms with E-state index in [0.29, 0.717) is 23.5 Å². The highest BCUT2D eigenvalue weighted by atomic mass is 16.5. The smallest absolute Gasteiger partial charge is 0.262 e. The molecule has 2 aliphatic rings. The number of carbonyl (C=O) groups is 2. The number of benzene rings is 2. The number of fused-ring (bicyclic) bond motifs is 1. The first-order chi connectivity index (χ1) is 13.6. The van der Waals surface area contributed by atoms with Gasteiger partial charge in [0.15, 0.2) is 6.61 Å². The highest BCUT2D eigenvalue weighted by Crippen LogP contribution is 2.30. The standard InChI is InChI=1S/C22H25N3O3/c1-24-11-9-18(10-12-24)25(14-16-5-3-2-4-6-16)22(27)17-7-8-19-20(13-17)28-15-21(26)23-19/h2-8,13,18H,9-12,14-15H2,1H3,(H,23,26). The highest BCUT2D eigenvalue weighted by Gasteiger charge is 2.29. The number of rotatable bonds is 4. The van der Waals surface area contributed by atoms with Gasteiger partial charge in [0, 0.05) is 18.2 Å². The van der Waals surface area contributed by atoms with E-state index in [9.17, 15) is 9.59 Å². The molecular formula is C22H25N3O3. The molecule has 1 N–H and O–H groups in total. The van der Waals surface area contributed by atoms with Crippen molar-refractivity contribution >= 4 is 17.5 Å². The first-order valence-electron chi connectivity index (χ1n) is 9.70. The molecule has 0 unspecified atom stereocenters. The Morgan fingerprint density at radius 1 is 1.18 bits per heavy atom. The first kappa shape index (κ1) is 18.5. The van der Waals surface area contributed by atoms with Crippen molar-refractivity contribution in [1.29, 1.82) is 0 Å². The van der Waals surface area contributed by atoms with Gasteiger partial charge in [0.1, 0.15) is 5.75 Å². The summed E-state index contributed by atoms with van der Waals surface area (Å²) in [6.45, 7) is 2.54. The predicted molar refractivity (Wildman–Crippen MR) is 107 cm³/mol. The Morgan fingerprint density at radius 2 is 1.93 bits per heavy atom. The second kappa shape index (κ2) is 8.02. The lowest BCUT2D eigenvalue weighted by molar-refractivity contribution is -0.118. The number of piperidine rings is 1. The quantitative estimate of drug-likeness (QED) is 0.887. The molecule has 0 radical (unpaired) electrons. The van der Waals surface area contributed by atoms with Crippen LogP contribution in [0.2, 0.25) is 0 Å². The molecule has 146 valence electrons. The van der Waals surface area contributed by atoms with Crippen LogP contribution >= 0.6 is 0 Å². The number of anilines is 1. The van der Waals surface area contributed by atoms with Gasteiger partial charge in [0.25, 0.3) is 11.8 Å². The predicted octanol–water partition coefficient (Wildman–Crippen LogP) is 2.75. The molecule has 0 aliphatic carbocycles. The Hall–Kier alpha value is -2.86. The second-order valence-corrected chi connectivity index (χ2v) is 7.50. The molecule has 2 amide bonds. The van der Waals surface area contributed by atoms with E-state index in [-0.39, 0.29) is 24.5 Å². The van der Waals surface area contributed by atoms with Gasteiger partial charge in [-0.1, -0.05) is 30.3 Å². The van der Waals surface area contributed by atoms with E-state index >= 15 is 0 Å². The molecule has 2 aliphatic heterocycles. The van der Waals surface area contributed by atoms with Crippen molar-refractivity contribution in [2.75, 3.05) is 32.1 Å². The molecule has 2 aromatic rings. The Bertz CT molecular complexity index is 861. The van der Waals surface area contributed by atoms with Gasteiger partial charge in [-0.2, -0.15) is 0 Å². The zero-order chi connectivity index (χ0) is 19.5. The second-order valence-electron chi connectivity index (χ2n) is 7.50. The summed E-state index contributed by atoms with van der Waals surface area (Å²) in [7, 11) is 2.12. The number of amides is 2. The van der Waals surface area contributed by atoms with Gasteiger partial charge in [-0.15, -0.1) is 0 Å². The number of carbonyl (C=O) groups excluding carboxylic acids is 2. The fourth-order valence-electron chi connectivity index (χ4n) is 3.83. The van der Waals surface area contributed by atoms with Gasteiger partial charge in [-0.25, -0.2) is 0 Å². The zero-order valence-electron chi connectivity index (χ0n) is 16.1. The summed E-state index contributed by atoms with van der Waals surface area (Å²) in [4.78, 5) is 29.2. The SMILES string of the molecule is CN1CCC(N(Cc2ccccc2)C(=O)c2ccc3c(c2)OCC(=O)N3)CC1. The van der Waals surface area contributed by atoms with Crippen LogP contribution in [0.3, 0.4) is 0 Å². The fourth-order valence-corrected chi connectivity index (χ4v) is 3.83. The highest BCUT2D eigenvalue weighted by molar-refractivity contribution is 5.99. The van der Waals surface area contributed by atoms with Crippen LogP contribution in [0, 0.1) is 0 Å². The monoisotopic (exact) mass is 379 g/mol. The normalized spacial score (nSPS) is 17.4. The van der Waals surface area contributed by atoms with E-state index in [1.807, 2.05) is 23.1 Å². The van der Waals surface area contributed by atoms with Crippen molar-refractivity contribution < 1.29 is 14.3 Å². The molecule has 0 atom stereocenters. The summed E-state index contributed by atoms with van der Waals surface area (Å²) in [6.07, 6.45) is 1.93. The minimum atomic E-state index is -0.177. The molecule has 0 spiro atoms. The van der Waals surface area contributed by atoms with Crippen LogP contribution in [0.1, 0.15) is 28.8 Å². The van der Waals surface area contributed by atoms with Crippen LogP contribution < -0.4 is 10.1 Å². The lowest BCUT2D eigenvalue weighted by atomic mass is 10.0. The summed E-state index contributed by atoms with van der Waals surface area (Å²) in [5.74, 6) is 0.374. The van der Waals surface area contributed by atoms with Crippen molar-refractivity contribution in [3.05, 3.63) is 59.7 Å². The van der Waals surface area contributed by atoms with E-state index in [1.165, 1.54) is 0 Å². The number of nitrogens with zero attached hydrogens (tertiary/aromatic N) is 2. The molecule has 1 fully saturated rings. The van der Waals surface area contributed by atoms with Gasteiger partial charge < -0.3 is 19.9 Å². The Morgan fingerprint density at radius 3 is 2.68 bits per heavy atom. The molecule has 1 saturated heterocycles. The molecule has 2 heterocycles. The average Bonchev–Trinajstić information content (AvgIpc) is 2.72. The number of hydrogen-bond acceptors (Lipinski definition) is 4.